The van der Waals surface area contributed by atoms with E-state index in [1.165, 1.54) is 12.7 Å². The summed E-state index contributed by atoms with van der Waals surface area (Å²) in [6.45, 7) is 4.02. The lowest BCUT2D eigenvalue weighted by Crippen LogP contribution is -2.44. The second kappa shape index (κ2) is 6.84. The molecular weight excluding hydrogens is 318 g/mol. The highest BCUT2D eigenvalue weighted by molar-refractivity contribution is 6.02. The average molecular weight is 341 g/mol. The molecule has 1 aliphatic heterocycles. The Labute approximate surface area is 147 Å². The molecule has 0 aromatic carbocycles. The van der Waals surface area contributed by atoms with Crippen LogP contribution in [0.25, 0.3) is 0 Å². The molecule has 1 aliphatic carbocycles. The molecule has 25 heavy (non-hydrogen) atoms. The third-order valence-electron chi connectivity index (χ3n) is 5.04. The lowest BCUT2D eigenvalue weighted by molar-refractivity contribution is 0.102. The molecule has 0 atom stereocenters. The van der Waals surface area contributed by atoms with E-state index in [1.807, 2.05) is 12.1 Å². The SMILES string of the molecule is CN1CCN(c2ccc(NC(=O)c3coc(C4CCC4)n3)cn2)CC1. The maximum absolute atomic E-state index is 12.3. The number of rotatable bonds is 4. The van der Waals surface area contributed by atoms with Crippen LogP contribution in [0, 0.1) is 0 Å². The quantitative estimate of drug-likeness (QED) is 0.920. The summed E-state index contributed by atoms with van der Waals surface area (Å²) in [5, 5.41) is 2.83. The highest BCUT2D eigenvalue weighted by Gasteiger charge is 2.25. The summed E-state index contributed by atoms with van der Waals surface area (Å²) in [6.07, 6.45) is 6.53. The van der Waals surface area contributed by atoms with Crippen molar-refractivity contribution in [3.63, 3.8) is 0 Å². The number of nitrogens with one attached hydrogen (secondary N) is 1. The first-order chi connectivity index (χ1) is 12.2. The molecular formula is C18H23N5O2. The van der Waals surface area contributed by atoms with Gasteiger partial charge in [-0.3, -0.25) is 4.79 Å². The van der Waals surface area contributed by atoms with Gasteiger partial charge in [0, 0.05) is 32.1 Å². The molecule has 1 saturated heterocycles. The van der Waals surface area contributed by atoms with E-state index in [4.69, 9.17) is 4.42 Å². The molecule has 7 heteroatoms. The van der Waals surface area contributed by atoms with Crippen LogP contribution in [-0.2, 0) is 0 Å². The summed E-state index contributed by atoms with van der Waals surface area (Å²) >= 11 is 0. The zero-order valence-corrected chi connectivity index (χ0v) is 14.4. The Morgan fingerprint density at radius 2 is 2.04 bits per heavy atom. The third-order valence-corrected chi connectivity index (χ3v) is 5.04. The summed E-state index contributed by atoms with van der Waals surface area (Å²) < 4.78 is 5.44. The highest BCUT2D eigenvalue weighted by atomic mass is 16.3. The second-order valence-corrected chi connectivity index (χ2v) is 6.85. The van der Waals surface area contributed by atoms with Gasteiger partial charge in [-0.25, -0.2) is 9.97 Å². The number of anilines is 2. The standard InChI is InChI=1S/C18H23N5O2/c1-22-7-9-23(10-8-22)16-6-5-14(11-19-16)20-17(24)15-12-25-18(21-15)13-3-2-4-13/h5-6,11-13H,2-4,7-10H2,1H3,(H,20,24). The zero-order valence-electron chi connectivity index (χ0n) is 14.4. The van der Waals surface area contributed by atoms with E-state index < -0.39 is 0 Å². The average Bonchev–Trinajstić information content (AvgIpc) is 3.04. The predicted octanol–water partition coefficient (Wildman–Crippen LogP) is 2.34. The molecule has 1 N–H and O–H groups in total. The van der Waals surface area contributed by atoms with Gasteiger partial charge < -0.3 is 19.5 Å². The van der Waals surface area contributed by atoms with E-state index in [1.54, 1.807) is 6.20 Å². The molecule has 0 unspecified atom stereocenters. The maximum atomic E-state index is 12.3. The molecule has 0 bridgehead atoms. The van der Waals surface area contributed by atoms with E-state index in [-0.39, 0.29) is 5.91 Å². The fourth-order valence-corrected chi connectivity index (χ4v) is 3.11. The molecule has 2 aromatic rings. The summed E-state index contributed by atoms with van der Waals surface area (Å²) in [7, 11) is 2.13. The number of hydrogen-bond donors (Lipinski definition) is 1. The van der Waals surface area contributed by atoms with Gasteiger partial charge in [-0.15, -0.1) is 0 Å². The molecule has 132 valence electrons. The Bertz CT molecular complexity index is 730. The molecule has 7 nitrogen and oxygen atoms in total. The Hall–Kier alpha value is -2.41. The molecule has 2 fully saturated rings. The summed E-state index contributed by atoms with van der Waals surface area (Å²) in [6, 6.07) is 3.83. The van der Waals surface area contributed by atoms with Crippen molar-refractivity contribution in [3.05, 3.63) is 36.2 Å². The van der Waals surface area contributed by atoms with Crippen molar-refractivity contribution in [2.75, 3.05) is 43.4 Å². The van der Waals surface area contributed by atoms with E-state index in [2.05, 4.69) is 32.1 Å². The van der Waals surface area contributed by atoms with E-state index >= 15 is 0 Å². The monoisotopic (exact) mass is 341 g/mol. The minimum absolute atomic E-state index is 0.261. The smallest absolute Gasteiger partial charge is 0.277 e. The molecule has 2 aliphatic rings. The lowest BCUT2D eigenvalue weighted by Gasteiger charge is -2.33. The number of carbonyl (C=O) groups excluding carboxylic acids is 1. The first kappa shape index (κ1) is 16.1. The third kappa shape index (κ3) is 3.51. The normalized spacial score (nSPS) is 18.8. The van der Waals surface area contributed by atoms with E-state index in [0.29, 0.717) is 23.2 Å². The Morgan fingerprint density at radius 1 is 1.24 bits per heavy atom. The minimum atomic E-state index is -0.261. The number of nitrogens with zero attached hydrogens (tertiary/aromatic N) is 4. The van der Waals surface area contributed by atoms with Crippen LogP contribution in [0.3, 0.4) is 0 Å². The number of likely N-dealkylation sites (N-methyl/N-ethyl adjacent to an activating group) is 1. The van der Waals surface area contributed by atoms with Crippen molar-refractivity contribution in [3.8, 4) is 0 Å². The number of pyridine rings is 1. The first-order valence-corrected chi connectivity index (χ1v) is 8.85. The van der Waals surface area contributed by atoms with Gasteiger partial charge in [0.1, 0.15) is 12.1 Å². The number of aromatic nitrogens is 2. The van der Waals surface area contributed by atoms with Crippen molar-refractivity contribution >= 4 is 17.4 Å². The van der Waals surface area contributed by atoms with Crippen LogP contribution < -0.4 is 10.2 Å². The van der Waals surface area contributed by atoms with Crippen LogP contribution in [0.1, 0.15) is 41.6 Å². The van der Waals surface area contributed by atoms with E-state index in [9.17, 15) is 4.79 Å². The van der Waals surface area contributed by atoms with Gasteiger partial charge in [-0.1, -0.05) is 6.42 Å². The maximum Gasteiger partial charge on any atom is 0.277 e. The van der Waals surface area contributed by atoms with Crippen LogP contribution in [0.15, 0.2) is 29.0 Å². The van der Waals surface area contributed by atoms with Crippen molar-refractivity contribution in [2.24, 2.45) is 0 Å². The Morgan fingerprint density at radius 3 is 2.68 bits per heavy atom. The molecule has 3 heterocycles. The van der Waals surface area contributed by atoms with Gasteiger partial charge in [-0.2, -0.15) is 0 Å². The minimum Gasteiger partial charge on any atom is -0.448 e. The van der Waals surface area contributed by atoms with Gasteiger partial charge in [0.05, 0.1) is 11.9 Å². The molecule has 0 radical (unpaired) electrons. The van der Waals surface area contributed by atoms with Crippen LogP contribution in [0.4, 0.5) is 11.5 Å². The summed E-state index contributed by atoms with van der Waals surface area (Å²) in [5.41, 5.74) is 0.987. The first-order valence-electron chi connectivity index (χ1n) is 8.85. The zero-order chi connectivity index (χ0) is 17.2. The molecule has 1 saturated carbocycles. The van der Waals surface area contributed by atoms with Crippen LogP contribution in [-0.4, -0.2) is 54.0 Å². The van der Waals surface area contributed by atoms with Gasteiger partial charge >= 0.3 is 0 Å². The van der Waals surface area contributed by atoms with Gasteiger partial charge in [0.25, 0.3) is 5.91 Å². The predicted molar refractivity (Wildman–Crippen MR) is 95.0 cm³/mol. The molecule has 1 amide bonds. The Kier molecular flexibility index (Phi) is 4.40. The number of hydrogen-bond acceptors (Lipinski definition) is 6. The number of oxazole rings is 1. The second-order valence-electron chi connectivity index (χ2n) is 6.85. The van der Waals surface area contributed by atoms with Crippen LogP contribution in [0.5, 0.6) is 0 Å². The van der Waals surface area contributed by atoms with Gasteiger partial charge in [0.15, 0.2) is 11.6 Å². The van der Waals surface area contributed by atoms with Gasteiger partial charge in [-0.05, 0) is 32.0 Å². The molecule has 0 spiro atoms. The summed E-state index contributed by atoms with van der Waals surface area (Å²) in [4.78, 5) is 25.7. The summed E-state index contributed by atoms with van der Waals surface area (Å²) in [5.74, 6) is 1.74. The number of carbonyl (C=O) groups is 1. The Balaban J connectivity index is 1.37. The fourth-order valence-electron chi connectivity index (χ4n) is 3.11. The van der Waals surface area contributed by atoms with Gasteiger partial charge in [0.2, 0.25) is 0 Å². The van der Waals surface area contributed by atoms with E-state index in [0.717, 1.165) is 44.8 Å². The molecule has 2 aromatic heterocycles. The topological polar surface area (TPSA) is 74.5 Å². The number of piperazine rings is 1. The lowest BCUT2D eigenvalue weighted by atomic mass is 9.85. The van der Waals surface area contributed by atoms with Crippen molar-refractivity contribution in [1.82, 2.24) is 14.9 Å². The van der Waals surface area contributed by atoms with Crippen molar-refractivity contribution < 1.29 is 9.21 Å². The van der Waals surface area contributed by atoms with Crippen LogP contribution >= 0.6 is 0 Å². The van der Waals surface area contributed by atoms with Crippen molar-refractivity contribution in [2.45, 2.75) is 25.2 Å². The fraction of sp³-hybridized carbons (Fsp3) is 0.500. The number of amides is 1. The highest BCUT2D eigenvalue weighted by Crippen LogP contribution is 2.35. The molecule has 4 rings (SSSR count). The largest absolute Gasteiger partial charge is 0.448 e. The van der Waals surface area contributed by atoms with Crippen molar-refractivity contribution in [1.29, 1.82) is 0 Å². The van der Waals surface area contributed by atoms with Crippen LogP contribution in [0.2, 0.25) is 0 Å².